The summed E-state index contributed by atoms with van der Waals surface area (Å²) in [5.74, 6) is 0. The van der Waals surface area contributed by atoms with E-state index < -0.39 is 10.0 Å². The number of nitrogen functional groups attached to an aromatic ring is 1. The number of rotatable bonds is 6. The lowest BCUT2D eigenvalue weighted by atomic mass is 10.2. The third-order valence-corrected chi connectivity index (χ3v) is 3.02. The average molecular weight is 257 g/mol. The van der Waals surface area contributed by atoms with Gasteiger partial charge >= 0.3 is 0 Å². The van der Waals surface area contributed by atoms with Crippen LogP contribution in [0.15, 0.2) is 24.3 Å². The van der Waals surface area contributed by atoms with Crippen LogP contribution in [0.3, 0.4) is 0 Å². The topological polar surface area (TPSA) is 75.4 Å². The lowest BCUT2D eigenvalue weighted by molar-refractivity contribution is 0.332. The Morgan fingerprint density at radius 2 is 1.88 bits per heavy atom. The van der Waals surface area contributed by atoms with Crippen LogP contribution in [0.4, 0.5) is 5.69 Å². The van der Waals surface area contributed by atoms with Gasteiger partial charge in [0.2, 0.25) is 10.0 Å². The van der Waals surface area contributed by atoms with E-state index in [0.29, 0.717) is 13.1 Å². The lowest BCUT2D eigenvalue weighted by Crippen LogP contribution is -2.32. The van der Waals surface area contributed by atoms with Crippen molar-refractivity contribution >= 4 is 15.7 Å². The van der Waals surface area contributed by atoms with E-state index in [-0.39, 0.29) is 0 Å². The Morgan fingerprint density at radius 3 is 2.41 bits per heavy atom. The minimum absolute atomic E-state index is 0.421. The number of nitrogens with two attached hydrogens (primary N) is 1. The number of sulfonamides is 1. The van der Waals surface area contributed by atoms with Crippen molar-refractivity contribution in [2.45, 2.75) is 6.54 Å². The SMILES string of the molecule is CN(CCNS(C)(=O)=O)Cc1ccc(N)cc1. The third kappa shape index (κ3) is 6.25. The van der Waals surface area contributed by atoms with Crippen LogP contribution in [0.5, 0.6) is 0 Å². The number of hydrogen-bond acceptors (Lipinski definition) is 4. The van der Waals surface area contributed by atoms with Gasteiger partial charge < -0.3 is 10.6 Å². The first-order chi connectivity index (χ1) is 7.87. The van der Waals surface area contributed by atoms with Crippen molar-refractivity contribution < 1.29 is 8.42 Å². The second kappa shape index (κ2) is 6.00. The van der Waals surface area contributed by atoms with Gasteiger partial charge in [0.25, 0.3) is 0 Å². The van der Waals surface area contributed by atoms with Crippen molar-refractivity contribution in [3.63, 3.8) is 0 Å². The molecule has 0 radical (unpaired) electrons. The minimum atomic E-state index is -3.09. The summed E-state index contributed by atoms with van der Waals surface area (Å²) in [7, 11) is -1.15. The zero-order valence-corrected chi connectivity index (χ0v) is 11.0. The van der Waals surface area contributed by atoms with Crippen LogP contribution in [-0.4, -0.2) is 39.7 Å². The van der Waals surface area contributed by atoms with Crippen molar-refractivity contribution in [3.05, 3.63) is 29.8 Å². The zero-order chi connectivity index (χ0) is 12.9. The smallest absolute Gasteiger partial charge is 0.208 e. The summed E-state index contributed by atoms with van der Waals surface area (Å²) in [6, 6.07) is 7.65. The molecule has 0 fully saturated rings. The Kier molecular flexibility index (Phi) is 4.92. The number of likely N-dealkylation sites (N-methyl/N-ethyl adjacent to an activating group) is 1. The van der Waals surface area contributed by atoms with Crippen LogP contribution < -0.4 is 10.5 Å². The van der Waals surface area contributed by atoms with Crippen molar-refractivity contribution in [2.24, 2.45) is 0 Å². The van der Waals surface area contributed by atoms with Crippen LogP contribution in [0.2, 0.25) is 0 Å². The van der Waals surface area contributed by atoms with Crippen LogP contribution in [0.25, 0.3) is 0 Å². The molecule has 0 bridgehead atoms. The van der Waals surface area contributed by atoms with Crippen LogP contribution in [-0.2, 0) is 16.6 Å². The van der Waals surface area contributed by atoms with Crippen LogP contribution >= 0.6 is 0 Å². The molecule has 0 aliphatic rings. The van der Waals surface area contributed by atoms with Gasteiger partial charge in [-0.3, -0.25) is 0 Å². The van der Waals surface area contributed by atoms with Crippen molar-refractivity contribution in [1.29, 1.82) is 0 Å². The molecule has 0 amide bonds. The van der Waals surface area contributed by atoms with Gasteiger partial charge in [-0.2, -0.15) is 0 Å². The standard InChI is InChI=1S/C11H19N3O2S/c1-14(8-7-13-17(2,15)16)9-10-3-5-11(12)6-4-10/h3-6,13H,7-9,12H2,1-2H3. The van der Waals surface area contributed by atoms with Crippen LogP contribution in [0.1, 0.15) is 5.56 Å². The highest BCUT2D eigenvalue weighted by atomic mass is 32.2. The monoisotopic (exact) mass is 257 g/mol. The molecule has 0 saturated carbocycles. The van der Waals surface area contributed by atoms with E-state index in [1.165, 1.54) is 0 Å². The lowest BCUT2D eigenvalue weighted by Gasteiger charge is -2.16. The summed E-state index contributed by atoms with van der Waals surface area (Å²) in [4.78, 5) is 2.05. The Hall–Kier alpha value is -1.11. The molecule has 0 atom stereocenters. The van der Waals surface area contributed by atoms with E-state index >= 15 is 0 Å². The Bertz CT molecular complexity index is 442. The Morgan fingerprint density at radius 1 is 1.29 bits per heavy atom. The van der Waals surface area contributed by atoms with E-state index in [2.05, 4.69) is 4.72 Å². The summed E-state index contributed by atoms with van der Waals surface area (Å²) in [6.45, 7) is 1.85. The molecule has 0 aliphatic carbocycles. The first kappa shape index (κ1) is 14.0. The van der Waals surface area contributed by atoms with E-state index in [1.54, 1.807) is 0 Å². The van der Waals surface area contributed by atoms with E-state index in [9.17, 15) is 8.42 Å². The number of hydrogen-bond donors (Lipinski definition) is 2. The second-order valence-corrected chi connectivity index (χ2v) is 5.98. The quantitative estimate of drug-likeness (QED) is 0.716. The number of benzene rings is 1. The van der Waals surface area contributed by atoms with Crippen molar-refractivity contribution in [1.82, 2.24) is 9.62 Å². The van der Waals surface area contributed by atoms with Gasteiger partial charge in [-0.15, -0.1) is 0 Å². The largest absolute Gasteiger partial charge is 0.399 e. The van der Waals surface area contributed by atoms with Crippen molar-refractivity contribution in [2.75, 3.05) is 32.1 Å². The summed E-state index contributed by atoms with van der Waals surface area (Å²) in [5.41, 5.74) is 7.49. The molecular weight excluding hydrogens is 238 g/mol. The maximum atomic E-state index is 10.9. The molecule has 1 aromatic rings. The summed E-state index contributed by atoms with van der Waals surface area (Å²) in [5, 5.41) is 0. The molecule has 0 aromatic heterocycles. The number of anilines is 1. The molecule has 0 unspecified atom stereocenters. The molecule has 0 aliphatic heterocycles. The molecule has 5 nitrogen and oxygen atoms in total. The zero-order valence-electron chi connectivity index (χ0n) is 10.2. The van der Waals surface area contributed by atoms with E-state index in [0.717, 1.165) is 24.1 Å². The molecule has 1 aromatic carbocycles. The molecule has 3 N–H and O–H groups in total. The van der Waals surface area contributed by atoms with Crippen LogP contribution in [0, 0.1) is 0 Å². The van der Waals surface area contributed by atoms with E-state index in [4.69, 9.17) is 5.73 Å². The van der Waals surface area contributed by atoms with Gasteiger partial charge in [0.05, 0.1) is 6.26 Å². The fourth-order valence-electron chi connectivity index (χ4n) is 1.44. The Labute approximate surface area is 103 Å². The van der Waals surface area contributed by atoms with Gasteiger partial charge in [0, 0.05) is 25.3 Å². The second-order valence-electron chi connectivity index (χ2n) is 4.15. The molecule has 0 saturated heterocycles. The number of nitrogens with zero attached hydrogens (tertiary/aromatic N) is 1. The Balaban J connectivity index is 2.34. The molecule has 1 rings (SSSR count). The van der Waals surface area contributed by atoms with Gasteiger partial charge in [-0.05, 0) is 24.7 Å². The van der Waals surface area contributed by atoms with Gasteiger partial charge in [-0.1, -0.05) is 12.1 Å². The predicted molar refractivity (Wildman–Crippen MR) is 70.0 cm³/mol. The first-order valence-corrected chi connectivity index (χ1v) is 7.23. The highest BCUT2D eigenvalue weighted by Gasteiger charge is 2.03. The maximum absolute atomic E-state index is 10.9. The van der Waals surface area contributed by atoms with Gasteiger partial charge in [-0.25, -0.2) is 13.1 Å². The number of nitrogens with one attached hydrogen (secondary N) is 1. The molecule has 96 valence electrons. The van der Waals surface area contributed by atoms with Gasteiger partial charge in [0.1, 0.15) is 0 Å². The highest BCUT2D eigenvalue weighted by molar-refractivity contribution is 7.88. The summed E-state index contributed by atoms with van der Waals surface area (Å²) >= 11 is 0. The third-order valence-electron chi connectivity index (χ3n) is 2.29. The summed E-state index contributed by atoms with van der Waals surface area (Å²) in [6.07, 6.45) is 1.16. The average Bonchev–Trinajstić information content (AvgIpc) is 2.19. The molecular formula is C11H19N3O2S. The fraction of sp³-hybridized carbons (Fsp3) is 0.455. The van der Waals surface area contributed by atoms with Crippen molar-refractivity contribution in [3.8, 4) is 0 Å². The summed E-state index contributed by atoms with van der Waals surface area (Å²) < 4.78 is 24.2. The molecule has 6 heteroatoms. The van der Waals surface area contributed by atoms with E-state index in [1.807, 2.05) is 36.2 Å². The molecule has 17 heavy (non-hydrogen) atoms. The maximum Gasteiger partial charge on any atom is 0.208 e. The van der Waals surface area contributed by atoms with Gasteiger partial charge in [0.15, 0.2) is 0 Å². The fourth-order valence-corrected chi connectivity index (χ4v) is 1.90. The minimum Gasteiger partial charge on any atom is -0.399 e. The first-order valence-electron chi connectivity index (χ1n) is 5.34. The normalized spacial score (nSPS) is 11.9. The predicted octanol–water partition coefficient (Wildman–Crippen LogP) is 0.250. The molecule has 0 heterocycles. The molecule has 0 spiro atoms. The highest BCUT2D eigenvalue weighted by Crippen LogP contribution is 2.07.